The van der Waals surface area contributed by atoms with Crippen molar-refractivity contribution in [3.63, 3.8) is 0 Å². The molecule has 144 valence electrons. The standard InChI is InChI=1S/C23H17BrN2O3/c1-25-18-13-6-5-10-15(18)19(21(25)27)23(29)16-11-7-12-17(24)20(16)26(22(23)28)14-8-3-2-4-9-14/h2-13,19,29H,1H3. The van der Waals surface area contributed by atoms with Gasteiger partial charge in [-0.2, -0.15) is 0 Å². The maximum Gasteiger partial charge on any atom is 0.269 e. The van der Waals surface area contributed by atoms with Crippen LogP contribution in [0, 0.1) is 0 Å². The van der Waals surface area contributed by atoms with E-state index in [2.05, 4.69) is 15.9 Å². The Balaban J connectivity index is 1.78. The molecule has 0 aliphatic carbocycles. The summed E-state index contributed by atoms with van der Waals surface area (Å²) in [4.78, 5) is 30.0. The van der Waals surface area contributed by atoms with Gasteiger partial charge in [-0.25, -0.2) is 0 Å². The third-order valence-electron chi connectivity index (χ3n) is 5.77. The highest BCUT2D eigenvalue weighted by Crippen LogP contribution is 2.56. The third kappa shape index (κ3) is 2.30. The summed E-state index contributed by atoms with van der Waals surface area (Å²) >= 11 is 3.53. The topological polar surface area (TPSA) is 60.9 Å². The molecular formula is C23H17BrN2O3. The predicted octanol–water partition coefficient (Wildman–Crippen LogP) is 4.08. The number of nitrogens with zero attached hydrogens (tertiary/aromatic N) is 2. The van der Waals surface area contributed by atoms with E-state index < -0.39 is 17.4 Å². The van der Waals surface area contributed by atoms with Crippen LogP contribution in [-0.2, 0) is 15.2 Å². The number of carbonyl (C=O) groups is 2. The molecule has 1 N–H and O–H groups in total. The summed E-state index contributed by atoms with van der Waals surface area (Å²) in [6.45, 7) is 0. The number of anilines is 3. The number of hydrogen-bond donors (Lipinski definition) is 1. The molecule has 0 saturated heterocycles. The van der Waals surface area contributed by atoms with E-state index in [-0.39, 0.29) is 5.91 Å². The molecule has 2 unspecified atom stereocenters. The van der Waals surface area contributed by atoms with Gasteiger partial charge in [0.15, 0.2) is 5.60 Å². The maximum absolute atomic E-state index is 13.8. The lowest BCUT2D eigenvalue weighted by Gasteiger charge is -2.28. The summed E-state index contributed by atoms with van der Waals surface area (Å²) in [6, 6.07) is 21.7. The Labute approximate surface area is 176 Å². The number of benzene rings is 3. The Morgan fingerprint density at radius 2 is 1.62 bits per heavy atom. The van der Waals surface area contributed by atoms with E-state index in [1.54, 1.807) is 25.2 Å². The fourth-order valence-electron chi connectivity index (χ4n) is 4.43. The normalized spacial score (nSPS) is 22.8. The molecule has 3 aromatic rings. The number of para-hydroxylation sites is 3. The maximum atomic E-state index is 13.8. The minimum absolute atomic E-state index is 0.303. The molecule has 5 rings (SSSR count). The Hall–Kier alpha value is -2.96. The van der Waals surface area contributed by atoms with Crippen molar-refractivity contribution in [2.45, 2.75) is 11.5 Å². The average molecular weight is 449 g/mol. The van der Waals surface area contributed by atoms with Crippen molar-refractivity contribution >= 4 is 44.8 Å². The number of amides is 2. The smallest absolute Gasteiger partial charge is 0.269 e. The zero-order valence-corrected chi connectivity index (χ0v) is 17.1. The van der Waals surface area contributed by atoms with Gasteiger partial charge in [0.1, 0.15) is 5.92 Å². The van der Waals surface area contributed by atoms with Crippen LogP contribution in [-0.4, -0.2) is 24.0 Å². The summed E-state index contributed by atoms with van der Waals surface area (Å²) in [5, 5.41) is 11.9. The molecule has 29 heavy (non-hydrogen) atoms. The molecule has 0 saturated carbocycles. The third-order valence-corrected chi connectivity index (χ3v) is 6.41. The highest BCUT2D eigenvalue weighted by molar-refractivity contribution is 9.10. The van der Waals surface area contributed by atoms with Crippen LogP contribution in [0.4, 0.5) is 17.1 Å². The van der Waals surface area contributed by atoms with Gasteiger partial charge in [-0.1, -0.05) is 48.5 Å². The van der Waals surface area contributed by atoms with E-state index in [4.69, 9.17) is 0 Å². The van der Waals surface area contributed by atoms with E-state index in [9.17, 15) is 14.7 Å². The van der Waals surface area contributed by atoms with Gasteiger partial charge in [0.25, 0.3) is 5.91 Å². The van der Waals surface area contributed by atoms with Gasteiger partial charge in [0, 0.05) is 28.5 Å². The fourth-order valence-corrected chi connectivity index (χ4v) is 4.97. The molecule has 2 amide bonds. The van der Waals surface area contributed by atoms with Crippen molar-refractivity contribution < 1.29 is 14.7 Å². The Morgan fingerprint density at radius 1 is 0.931 bits per heavy atom. The predicted molar refractivity (Wildman–Crippen MR) is 114 cm³/mol. The first-order valence-corrected chi connectivity index (χ1v) is 10.0. The van der Waals surface area contributed by atoms with Crippen molar-refractivity contribution in [3.8, 4) is 0 Å². The molecule has 0 radical (unpaired) electrons. The Morgan fingerprint density at radius 3 is 2.38 bits per heavy atom. The molecule has 5 nitrogen and oxygen atoms in total. The highest BCUT2D eigenvalue weighted by atomic mass is 79.9. The summed E-state index contributed by atoms with van der Waals surface area (Å²) in [6.07, 6.45) is 0. The van der Waals surface area contributed by atoms with Crippen LogP contribution >= 0.6 is 15.9 Å². The van der Waals surface area contributed by atoms with E-state index in [1.807, 2.05) is 54.6 Å². The second kappa shape index (κ2) is 6.27. The number of hydrogen-bond acceptors (Lipinski definition) is 3. The van der Waals surface area contributed by atoms with Crippen molar-refractivity contribution in [1.82, 2.24) is 0 Å². The van der Waals surface area contributed by atoms with Gasteiger partial charge in [-0.3, -0.25) is 14.5 Å². The number of carbonyl (C=O) groups excluding carboxylic acids is 2. The molecule has 2 aliphatic rings. The molecule has 0 spiro atoms. The van der Waals surface area contributed by atoms with Crippen LogP contribution in [0.5, 0.6) is 0 Å². The molecule has 0 aromatic heterocycles. The lowest BCUT2D eigenvalue weighted by Crippen LogP contribution is -2.46. The number of rotatable bonds is 2. The minimum atomic E-state index is -2.01. The highest BCUT2D eigenvalue weighted by Gasteiger charge is 2.61. The zero-order chi connectivity index (χ0) is 20.3. The van der Waals surface area contributed by atoms with Crippen molar-refractivity contribution in [2.75, 3.05) is 16.8 Å². The molecule has 2 aliphatic heterocycles. The molecule has 2 heterocycles. The van der Waals surface area contributed by atoms with Crippen LogP contribution in [0.2, 0.25) is 0 Å². The first kappa shape index (κ1) is 18.1. The largest absolute Gasteiger partial charge is 0.374 e. The molecule has 0 bridgehead atoms. The molecule has 6 heteroatoms. The SMILES string of the molecule is CN1C(=O)C(C2(O)C(=O)N(c3ccccc3)c3c(Br)cccc32)c2ccccc21. The van der Waals surface area contributed by atoms with Gasteiger partial charge in [0.05, 0.1) is 5.69 Å². The Kier molecular flexibility index (Phi) is 3.91. The van der Waals surface area contributed by atoms with Crippen molar-refractivity contribution in [3.05, 3.63) is 88.4 Å². The summed E-state index contributed by atoms with van der Waals surface area (Å²) in [5.74, 6) is -1.85. The average Bonchev–Trinajstić information content (AvgIpc) is 3.13. The van der Waals surface area contributed by atoms with Crippen LogP contribution in [0.1, 0.15) is 17.0 Å². The monoisotopic (exact) mass is 448 g/mol. The van der Waals surface area contributed by atoms with Gasteiger partial charge < -0.3 is 10.0 Å². The lowest BCUT2D eigenvalue weighted by atomic mass is 9.78. The van der Waals surface area contributed by atoms with Crippen LogP contribution in [0.15, 0.2) is 77.3 Å². The second-order valence-corrected chi connectivity index (χ2v) is 8.12. The van der Waals surface area contributed by atoms with Crippen molar-refractivity contribution in [1.29, 1.82) is 0 Å². The summed E-state index contributed by atoms with van der Waals surface area (Å²) in [7, 11) is 1.67. The fraction of sp³-hybridized carbons (Fsp3) is 0.130. The molecular weight excluding hydrogens is 432 g/mol. The van der Waals surface area contributed by atoms with E-state index in [0.29, 0.717) is 32.7 Å². The first-order valence-electron chi connectivity index (χ1n) is 9.23. The van der Waals surface area contributed by atoms with Gasteiger partial charge >= 0.3 is 0 Å². The van der Waals surface area contributed by atoms with Crippen LogP contribution in [0.25, 0.3) is 0 Å². The minimum Gasteiger partial charge on any atom is -0.374 e. The summed E-state index contributed by atoms with van der Waals surface area (Å²) in [5.41, 5.74) is 0.964. The van der Waals surface area contributed by atoms with E-state index >= 15 is 0 Å². The number of aliphatic hydroxyl groups is 1. The summed E-state index contributed by atoms with van der Waals surface area (Å²) < 4.78 is 0.676. The Bertz CT molecular complexity index is 1160. The molecule has 3 aromatic carbocycles. The lowest BCUT2D eigenvalue weighted by molar-refractivity contribution is -0.143. The van der Waals surface area contributed by atoms with Crippen molar-refractivity contribution in [2.24, 2.45) is 0 Å². The van der Waals surface area contributed by atoms with Gasteiger partial charge in [-0.15, -0.1) is 0 Å². The van der Waals surface area contributed by atoms with E-state index in [1.165, 1.54) is 9.80 Å². The quantitative estimate of drug-likeness (QED) is 0.642. The zero-order valence-electron chi connectivity index (χ0n) is 15.5. The first-order chi connectivity index (χ1) is 14.0. The van der Waals surface area contributed by atoms with Gasteiger partial charge in [-0.05, 0) is 45.8 Å². The number of fused-ring (bicyclic) bond motifs is 2. The number of halogens is 1. The van der Waals surface area contributed by atoms with Gasteiger partial charge in [0.2, 0.25) is 5.91 Å². The van der Waals surface area contributed by atoms with E-state index in [0.717, 1.165) is 0 Å². The number of likely N-dealkylation sites (N-methyl/N-ethyl adjacent to an activating group) is 1. The molecule has 2 atom stereocenters. The van der Waals surface area contributed by atoms with Crippen LogP contribution in [0.3, 0.4) is 0 Å². The van der Waals surface area contributed by atoms with Crippen LogP contribution < -0.4 is 9.80 Å². The second-order valence-electron chi connectivity index (χ2n) is 7.27. The molecule has 0 fully saturated rings.